The van der Waals surface area contributed by atoms with Gasteiger partial charge >= 0.3 is 5.97 Å². The predicted molar refractivity (Wildman–Crippen MR) is 73.4 cm³/mol. The summed E-state index contributed by atoms with van der Waals surface area (Å²) in [5, 5.41) is 12.5. The SMILES string of the molecule is O=C(O)CC1(Nc2ncnc3nc[nH]c23)CCCCC1. The number of nitrogens with one attached hydrogen (secondary N) is 2. The third-order valence-corrected chi connectivity index (χ3v) is 3.91. The summed E-state index contributed by atoms with van der Waals surface area (Å²) in [4.78, 5) is 26.6. The molecule has 7 heteroatoms. The van der Waals surface area contributed by atoms with Crippen molar-refractivity contribution in [2.45, 2.75) is 44.1 Å². The number of hydrogen-bond donors (Lipinski definition) is 3. The largest absolute Gasteiger partial charge is 0.481 e. The summed E-state index contributed by atoms with van der Waals surface area (Å²) >= 11 is 0. The van der Waals surface area contributed by atoms with Gasteiger partial charge in [-0.15, -0.1) is 0 Å². The molecular formula is C13H17N5O2. The Kier molecular flexibility index (Phi) is 3.25. The number of rotatable bonds is 4. The molecule has 0 aliphatic heterocycles. The van der Waals surface area contributed by atoms with Gasteiger partial charge in [-0.3, -0.25) is 4.79 Å². The molecular weight excluding hydrogens is 258 g/mol. The minimum Gasteiger partial charge on any atom is -0.481 e. The topological polar surface area (TPSA) is 104 Å². The number of fused-ring (bicyclic) bond motifs is 1. The van der Waals surface area contributed by atoms with Crippen LogP contribution in [0.25, 0.3) is 11.2 Å². The van der Waals surface area contributed by atoms with E-state index >= 15 is 0 Å². The van der Waals surface area contributed by atoms with Crippen molar-refractivity contribution in [3.8, 4) is 0 Å². The number of imidazole rings is 1. The van der Waals surface area contributed by atoms with E-state index in [9.17, 15) is 9.90 Å². The van der Waals surface area contributed by atoms with E-state index in [2.05, 4.69) is 25.3 Å². The molecule has 0 atom stereocenters. The van der Waals surface area contributed by atoms with Crippen molar-refractivity contribution in [1.29, 1.82) is 0 Å². The summed E-state index contributed by atoms with van der Waals surface area (Å²) in [5.41, 5.74) is 0.892. The molecule has 7 nitrogen and oxygen atoms in total. The van der Waals surface area contributed by atoms with Crippen LogP contribution < -0.4 is 5.32 Å². The van der Waals surface area contributed by atoms with Gasteiger partial charge in [0.05, 0.1) is 12.7 Å². The number of aromatic nitrogens is 4. The van der Waals surface area contributed by atoms with Crippen LogP contribution in [0.1, 0.15) is 38.5 Å². The fraction of sp³-hybridized carbons (Fsp3) is 0.538. The number of anilines is 1. The number of nitrogens with zero attached hydrogens (tertiary/aromatic N) is 3. The summed E-state index contributed by atoms with van der Waals surface area (Å²) < 4.78 is 0. The highest BCUT2D eigenvalue weighted by atomic mass is 16.4. The lowest BCUT2D eigenvalue weighted by atomic mass is 9.79. The van der Waals surface area contributed by atoms with Crippen LogP contribution in [-0.2, 0) is 4.79 Å². The number of H-pyrrole nitrogens is 1. The minimum atomic E-state index is -0.783. The van der Waals surface area contributed by atoms with Crippen LogP contribution in [0.2, 0.25) is 0 Å². The van der Waals surface area contributed by atoms with Crippen LogP contribution in [-0.4, -0.2) is 36.6 Å². The van der Waals surface area contributed by atoms with Crippen molar-refractivity contribution in [2.24, 2.45) is 0 Å². The maximum absolute atomic E-state index is 11.2. The fourth-order valence-electron chi connectivity index (χ4n) is 2.97. The van der Waals surface area contributed by atoms with Crippen molar-refractivity contribution in [3.63, 3.8) is 0 Å². The molecule has 0 radical (unpaired) electrons. The average molecular weight is 275 g/mol. The lowest BCUT2D eigenvalue weighted by molar-refractivity contribution is -0.138. The van der Waals surface area contributed by atoms with Gasteiger partial charge in [-0.05, 0) is 12.8 Å². The predicted octanol–water partition coefficient (Wildman–Crippen LogP) is 1.94. The van der Waals surface area contributed by atoms with Crippen molar-refractivity contribution in [2.75, 3.05) is 5.32 Å². The van der Waals surface area contributed by atoms with Gasteiger partial charge in [0, 0.05) is 5.54 Å². The van der Waals surface area contributed by atoms with Crippen LogP contribution in [0.3, 0.4) is 0 Å². The molecule has 20 heavy (non-hydrogen) atoms. The molecule has 2 aromatic heterocycles. The minimum absolute atomic E-state index is 0.104. The van der Waals surface area contributed by atoms with Gasteiger partial charge in [0.25, 0.3) is 0 Å². The van der Waals surface area contributed by atoms with Gasteiger partial charge in [-0.2, -0.15) is 0 Å². The molecule has 1 aliphatic carbocycles. The third kappa shape index (κ3) is 2.43. The molecule has 0 amide bonds. The molecule has 2 aromatic rings. The van der Waals surface area contributed by atoms with E-state index in [1.54, 1.807) is 6.33 Å². The second-order valence-electron chi connectivity index (χ2n) is 5.36. The Morgan fingerprint density at radius 1 is 1.30 bits per heavy atom. The van der Waals surface area contributed by atoms with Crippen LogP contribution in [0.4, 0.5) is 5.82 Å². The lowest BCUT2D eigenvalue weighted by Gasteiger charge is -2.37. The summed E-state index contributed by atoms with van der Waals surface area (Å²) in [6.07, 6.45) is 8.05. The van der Waals surface area contributed by atoms with Crippen LogP contribution in [0.15, 0.2) is 12.7 Å². The van der Waals surface area contributed by atoms with Gasteiger partial charge < -0.3 is 15.4 Å². The van der Waals surface area contributed by atoms with E-state index in [0.717, 1.165) is 37.6 Å². The van der Waals surface area contributed by atoms with Gasteiger partial charge in [0.2, 0.25) is 0 Å². The van der Waals surface area contributed by atoms with E-state index in [-0.39, 0.29) is 6.42 Å². The first-order valence-corrected chi connectivity index (χ1v) is 6.83. The number of carbonyl (C=O) groups is 1. The third-order valence-electron chi connectivity index (χ3n) is 3.91. The quantitative estimate of drug-likeness (QED) is 0.787. The smallest absolute Gasteiger partial charge is 0.305 e. The molecule has 2 heterocycles. The normalized spacial score (nSPS) is 18.0. The highest BCUT2D eigenvalue weighted by Crippen LogP contribution is 2.35. The zero-order chi connectivity index (χ0) is 14.0. The first-order chi connectivity index (χ1) is 9.69. The first kappa shape index (κ1) is 12.8. The first-order valence-electron chi connectivity index (χ1n) is 6.83. The van der Waals surface area contributed by atoms with Crippen molar-refractivity contribution >= 4 is 23.0 Å². The molecule has 0 spiro atoms. The zero-order valence-electron chi connectivity index (χ0n) is 11.1. The highest BCUT2D eigenvalue weighted by Gasteiger charge is 2.35. The monoisotopic (exact) mass is 275 g/mol. The standard InChI is InChI=1S/C13H17N5O2/c19-9(20)6-13(4-2-1-3-5-13)18-12-10-11(15-7-14-10)16-8-17-12/h7-8H,1-6H2,(H,19,20)(H2,14,15,16,17,18). The number of carboxylic acids is 1. The van der Waals surface area contributed by atoms with E-state index in [1.807, 2.05) is 0 Å². The molecule has 106 valence electrons. The number of hydrogen-bond acceptors (Lipinski definition) is 5. The second-order valence-corrected chi connectivity index (χ2v) is 5.36. The van der Waals surface area contributed by atoms with E-state index in [4.69, 9.17) is 0 Å². The van der Waals surface area contributed by atoms with E-state index in [1.165, 1.54) is 6.33 Å². The van der Waals surface area contributed by atoms with Crippen molar-refractivity contribution in [3.05, 3.63) is 12.7 Å². The Balaban J connectivity index is 1.92. The van der Waals surface area contributed by atoms with Crippen LogP contribution in [0.5, 0.6) is 0 Å². The zero-order valence-corrected chi connectivity index (χ0v) is 11.1. The summed E-state index contributed by atoms with van der Waals surface area (Å²) in [7, 11) is 0. The summed E-state index contributed by atoms with van der Waals surface area (Å²) in [6.45, 7) is 0. The fourth-order valence-corrected chi connectivity index (χ4v) is 2.97. The Morgan fingerprint density at radius 3 is 2.85 bits per heavy atom. The molecule has 1 fully saturated rings. The number of aromatic amines is 1. The summed E-state index contributed by atoms with van der Waals surface area (Å²) in [6, 6.07) is 0. The Bertz CT molecular complexity index is 618. The van der Waals surface area contributed by atoms with Crippen molar-refractivity contribution < 1.29 is 9.90 Å². The molecule has 0 saturated heterocycles. The maximum Gasteiger partial charge on any atom is 0.305 e. The van der Waals surface area contributed by atoms with Crippen molar-refractivity contribution in [1.82, 2.24) is 19.9 Å². The molecule has 1 saturated carbocycles. The second kappa shape index (κ2) is 5.07. The average Bonchev–Trinajstić information content (AvgIpc) is 2.88. The Hall–Kier alpha value is -2.18. The molecule has 0 unspecified atom stereocenters. The molecule has 0 aromatic carbocycles. The van der Waals surface area contributed by atoms with Gasteiger partial charge in [-0.25, -0.2) is 15.0 Å². The maximum atomic E-state index is 11.2. The lowest BCUT2D eigenvalue weighted by Crippen LogP contribution is -2.42. The number of aliphatic carboxylic acids is 1. The van der Waals surface area contributed by atoms with E-state index < -0.39 is 11.5 Å². The van der Waals surface area contributed by atoms with Gasteiger partial charge in [0.15, 0.2) is 11.5 Å². The van der Waals surface area contributed by atoms with Gasteiger partial charge in [-0.1, -0.05) is 19.3 Å². The van der Waals surface area contributed by atoms with Crippen LogP contribution in [0, 0.1) is 0 Å². The number of carboxylic acid groups (broad SMARTS) is 1. The molecule has 0 bridgehead atoms. The van der Waals surface area contributed by atoms with Gasteiger partial charge in [0.1, 0.15) is 11.8 Å². The highest BCUT2D eigenvalue weighted by molar-refractivity contribution is 5.82. The van der Waals surface area contributed by atoms with E-state index in [0.29, 0.717) is 11.5 Å². The molecule has 1 aliphatic rings. The Labute approximate surface area is 115 Å². The van der Waals surface area contributed by atoms with Crippen LogP contribution >= 0.6 is 0 Å². The molecule has 3 rings (SSSR count). The summed E-state index contributed by atoms with van der Waals surface area (Å²) in [5.74, 6) is -0.148. The Morgan fingerprint density at radius 2 is 2.10 bits per heavy atom. The molecule has 3 N–H and O–H groups in total.